The van der Waals surface area contributed by atoms with Gasteiger partial charge in [0.25, 0.3) is 0 Å². The number of halogens is 4. The van der Waals surface area contributed by atoms with Crippen LogP contribution in [0.25, 0.3) is 0 Å². The lowest BCUT2D eigenvalue weighted by atomic mass is 10.6. The molecule has 0 bridgehead atoms. The maximum Gasteiger partial charge on any atom is 0.304 e. The van der Waals surface area contributed by atoms with Gasteiger partial charge in [0.1, 0.15) is 6.67 Å². The normalized spacial score (nSPS) is 6.80. The van der Waals surface area contributed by atoms with E-state index >= 15 is 0 Å². The van der Waals surface area contributed by atoms with Crippen molar-refractivity contribution in [2.75, 3.05) is 6.67 Å². The summed E-state index contributed by atoms with van der Waals surface area (Å²) in [6.45, 7) is 4.53. The van der Waals surface area contributed by atoms with Crippen molar-refractivity contribution in [3.63, 3.8) is 0 Å². The maximum atomic E-state index is 11.0. The van der Waals surface area contributed by atoms with E-state index < -0.39 is 18.6 Å². The van der Waals surface area contributed by atoms with E-state index in [-0.39, 0.29) is 0 Å². The molecule has 4 heteroatoms. The first-order valence-electron chi connectivity index (χ1n) is 2.14. The Hall–Kier alpha value is -1.02. The molecule has 0 spiro atoms. The standard InChI is InChI=1S/C3H2F4.C3H4/c4-1-2(5)3(6)7;1-3-2/h1H2;1-2H2. The van der Waals surface area contributed by atoms with Crippen LogP contribution in [-0.2, 0) is 0 Å². The van der Waals surface area contributed by atoms with Gasteiger partial charge in [0.05, 0.1) is 0 Å². The fourth-order valence-electron chi connectivity index (χ4n) is 0.0505. The minimum atomic E-state index is -2.58. The predicted octanol–water partition coefficient (Wildman–Crippen LogP) is 2.99. The van der Waals surface area contributed by atoms with E-state index in [0.717, 1.165) is 0 Å². The zero-order chi connectivity index (χ0) is 8.57. The highest BCUT2D eigenvalue weighted by Crippen LogP contribution is 2.07. The highest BCUT2D eigenvalue weighted by molar-refractivity contribution is 4.90. The van der Waals surface area contributed by atoms with Crippen molar-refractivity contribution in [1.82, 2.24) is 0 Å². The molecule has 0 nitrogen and oxygen atoms in total. The summed E-state index contributed by atoms with van der Waals surface area (Å²) in [5.74, 6) is -1.99. The van der Waals surface area contributed by atoms with Gasteiger partial charge in [-0.2, -0.15) is 8.78 Å². The van der Waals surface area contributed by atoms with E-state index in [2.05, 4.69) is 18.9 Å². The summed E-state index contributed by atoms with van der Waals surface area (Å²) in [7, 11) is 0. The Balaban J connectivity index is 0. The molecule has 0 aromatic rings. The monoisotopic (exact) mass is 154 g/mol. The second kappa shape index (κ2) is 7.98. The summed E-state index contributed by atoms with van der Waals surface area (Å²) in [6, 6.07) is 0. The number of allylic oxidation sites excluding steroid dienone is 1. The minimum absolute atomic E-state index is 1.72. The highest BCUT2D eigenvalue weighted by atomic mass is 19.3. The van der Waals surface area contributed by atoms with Crippen molar-refractivity contribution in [3.8, 4) is 0 Å². The fraction of sp³-hybridized carbons (Fsp3) is 0.167. The Bertz CT molecular complexity index is 138. The zero-order valence-corrected chi connectivity index (χ0v) is 5.13. The van der Waals surface area contributed by atoms with Gasteiger partial charge in [0.15, 0.2) is 5.83 Å². The molecule has 0 atom stereocenters. The third kappa shape index (κ3) is 10.1. The summed E-state index contributed by atoms with van der Waals surface area (Å²) in [6.07, 6.45) is -2.58. The van der Waals surface area contributed by atoms with Gasteiger partial charge >= 0.3 is 6.08 Å². The Kier molecular flexibility index (Phi) is 9.37. The maximum absolute atomic E-state index is 11.0. The van der Waals surface area contributed by atoms with Crippen LogP contribution in [0.2, 0.25) is 0 Å². The molecule has 0 fully saturated rings. The molecule has 0 saturated heterocycles. The molecule has 0 saturated carbocycles. The van der Waals surface area contributed by atoms with Crippen LogP contribution >= 0.6 is 0 Å². The van der Waals surface area contributed by atoms with Crippen molar-refractivity contribution in [2.45, 2.75) is 0 Å². The van der Waals surface area contributed by atoms with Crippen LogP contribution in [0.15, 0.2) is 30.8 Å². The molecule has 0 amide bonds. The first-order valence-corrected chi connectivity index (χ1v) is 2.14. The molecule has 10 heavy (non-hydrogen) atoms. The molecule has 0 heterocycles. The molecule has 0 radical (unpaired) electrons. The van der Waals surface area contributed by atoms with Crippen LogP contribution in [0.5, 0.6) is 0 Å². The molecule has 0 aliphatic heterocycles. The van der Waals surface area contributed by atoms with Crippen molar-refractivity contribution >= 4 is 0 Å². The quantitative estimate of drug-likeness (QED) is 0.402. The molecular weight excluding hydrogens is 148 g/mol. The van der Waals surface area contributed by atoms with Crippen LogP contribution in [-0.4, -0.2) is 6.67 Å². The van der Waals surface area contributed by atoms with Gasteiger partial charge in [-0.25, -0.2) is 8.78 Å². The fourth-order valence-corrected chi connectivity index (χ4v) is 0.0505. The van der Waals surface area contributed by atoms with Crippen molar-refractivity contribution in [3.05, 3.63) is 30.8 Å². The lowest BCUT2D eigenvalue weighted by Gasteiger charge is -1.79. The summed E-state index contributed by atoms with van der Waals surface area (Å²) in [4.78, 5) is 0. The van der Waals surface area contributed by atoms with Crippen LogP contribution in [0, 0.1) is 0 Å². The molecule has 0 rings (SSSR count). The van der Waals surface area contributed by atoms with Gasteiger partial charge in [-0.1, -0.05) is 13.2 Å². The van der Waals surface area contributed by atoms with Crippen LogP contribution in [0.3, 0.4) is 0 Å². The van der Waals surface area contributed by atoms with E-state index in [1.54, 1.807) is 0 Å². The molecule has 0 N–H and O–H groups in total. The largest absolute Gasteiger partial charge is 0.304 e. The van der Waals surface area contributed by atoms with Gasteiger partial charge < -0.3 is 0 Å². The van der Waals surface area contributed by atoms with E-state index in [0.29, 0.717) is 0 Å². The summed E-state index contributed by atoms with van der Waals surface area (Å²) in [5, 5.41) is 0. The average Bonchev–Trinajstić information content (AvgIpc) is 1.88. The number of rotatable bonds is 1. The molecular formula is C6H6F4. The SMILES string of the molecule is C=C=C.FCC(F)=C(F)F. The third-order valence-electron chi connectivity index (χ3n) is 0.322. The summed E-state index contributed by atoms with van der Waals surface area (Å²) >= 11 is 0. The zero-order valence-electron chi connectivity index (χ0n) is 5.13. The first-order chi connectivity index (χ1) is 4.59. The third-order valence-corrected chi connectivity index (χ3v) is 0.322. The Morgan fingerprint density at radius 2 is 1.50 bits per heavy atom. The van der Waals surface area contributed by atoms with Crippen molar-refractivity contribution < 1.29 is 17.6 Å². The van der Waals surface area contributed by atoms with Crippen LogP contribution in [0.1, 0.15) is 0 Å². The number of hydrogen-bond donors (Lipinski definition) is 0. The topological polar surface area (TPSA) is 0 Å². The lowest BCUT2D eigenvalue weighted by Crippen LogP contribution is -1.74. The molecule has 58 valence electrons. The average molecular weight is 154 g/mol. The predicted molar refractivity (Wildman–Crippen MR) is 31.1 cm³/mol. The van der Waals surface area contributed by atoms with Gasteiger partial charge in [-0.15, -0.1) is 5.73 Å². The smallest absolute Gasteiger partial charge is 0.243 e. The molecule has 0 aromatic carbocycles. The van der Waals surface area contributed by atoms with Gasteiger partial charge in [0, 0.05) is 0 Å². The van der Waals surface area contributed by atoms with Gasteiger partial charge in [-0.3, -0.25) is 0 Å². The summed E-state index contributed by atoms with van der Waals surface area (Å²) in [5.41, 5.74) is 2.25. The van der Waals surface area contributed by atoms with Crippen molar-refractivity contribution in [1.29, 1.82) is 0 Å². The van der Waals surface area contributed by atoms with Crippen LogP contribution in [0.4, 0.5) is 17.6 Å². The molecule has 0 aromatic heterocycles. The molecule has 0 aliphatic carbocycles. The summed E-state index contributed by atoms with van der Waals surface area (Å²) < 4.78 is 43.1. The number of hydrogen-bond acceptors (Lipinski definition) is 0. The van der Waals surface area contributed by atoms with Gasteiger partial charge in [0.2, 0.25) is 0 Å². The highest BCUT2D eigenvalue weighted by Gasteiger charge is 2.00. The second-order valence-electron chi connectivity index (χ2n) is 1.05. The Labute approximate surface area is 56.2 Å². The number of alkyl halides is 1. The Morgan fingerprint density at radius 1 is 1.20 bits per heavy atom. The van der Waals surface area contributed by atoms with Crippen LogP contribution < -0.4 is 0 Å². The second-order valence-corrected chi connectivity index (χ2v) is 1.05. The first kappa shape index (κ1) is 11.7. The molecule has 0 unspecified atom stereocenters. The lowest BCUT2D eigenvalue weighted by molar-refractivity contribution is 0.348. The van der Waals surface area contributed by atoms with E-state index in [1.807, 2.05) is 0 Å². The van der Waals surface area contributed by atoms with E-state index in [1.165, 1.54) is 0 Å². The van der Waals surface area contributed by atoms with E-state index in [4.69, 9.17) is 0 Å². The van der Waals surface area contributed by atoms with E-state index in [9.17, 15) is 17.6 Å². The molecule has 0 aliphatic rings. The Morgan fingerprint density at radius 3 is 1.50 bits per heavy atom. The van der Waals surface area contributed by atoms with Gasteiger partial charge in [-0.05, 0) is 0 Å². The van der Waals surface area contributed by atoms with Crippen molar-refractivity contribution in [2.24, 2.45) is 0 Å². The minimum Gasteiger partial charge on any atom is -0.243 e.